The molecule has 2 aliphatic rings. The Bertz CT molecular complexity index is 247. The maximum atomic E-state index is 3.77. The molecule has 1 aliphatic carbocycles. The van der Waals surface area contributed by atoms with Gasteiger partial charge in [0.05, 0.1) is 0 Å². The van der Waals surface area contributed by atoms with Crippen molar-refractivity contribution in [1.29, 1.82) is 0 Å². The third kappa shape index (κ3) is 3.23. The van der Waals surface area contributed by atoms with Crippen LogP contribution in [0.4, 0.5) is 0 Å². The molecule has 3 atom stereocenters. The van der Waals surface area contributed by atoms with E-state index in [2.05, 4.69) is 37.9 Å². The minimum atomic E-state index is 0.658. The molecule has 0 spiro atoms. The summed E-state index contributed by atoms with van der Waals surface area (Å²) >= 11 is 0. The molecular formula is C15H30N2. The summed E-state index contributed by atoms with van der Waals surface area (Å²) in [6, 6.07) is 1.48. The number of nitrogens with one attached hydrogen (secondary N) is 1. The summed E-state index contributed by atoms with van der Waals surface area (Å²) in [6.45, 7) is 13.3. The number of hydrogen-bond donors (Lipinski definition) is 1. The van der Waals surface area contributed by atoms with Crippen molar-refractivity contribution < 1.29 is 0 Å². The van der Waals surface area contributed by atoms with Crippen LogP contribution in [0.25, 0.3) is 0 Å². The lowest BCUT2D eigenvalue weighted by molar-refractivity contribution is 0.0877. The lowest BCUT2D eigenvalue weighted by atomic mass is 9.94. The van der Waals surface area contributed by atoms with E-state index in [9.17, 15) is 0 Å². The summed E-state index contributed by atoms with van der Waals surface area (Å²) in [5.74, 6) is 0.808. The Labute approximate surface area is 107 Å². The van der Waals surface area contributed by atoms with Crippen LogP contribution in [0.15, 0.2) is 0 Å². The van der Waals surface area contributed by atoms with E-state index < -0.39 is 0 Å². The Balaban J connectivity index is 1.93. The SMILES string of the molecule is CCC(C)C1CN(CC2(C)CC2)C(CC)CN1. The highest BCUT2D eigenvalue weighted by Gasteiger charge is 2.41. The van der Waals surface area contributed by atoms with Gasteiger partial charge in [-0.1, -0.05) is 34.1 Å². The van der Waals surface area contributed by atoms with Gasteiger partial charge < -0.3 is 5.32 Å². The van der Waals surface area contributed by atoms with E-state index in [4.69, 9.17) is 0 Å². The topological polar surface area (TPSA) is 15.3 Å². The largest absolute Gasteiger partial charge is 0.311 e. The Morgan fingerprint density at radius 3 is 2.59 bits per heavy atom. The molecule has 17 heavy (non-hydrogen) atoms. The number of rotatable bonds is 5. The zero-order valence-corrected chi connectivity index (χ0v) is 12.1. The van der Waals surface area contributed by atoms with Crippen LogP contribution < -0.4 is 5.32 Å². The van der Waals surface area contributed by atoms with Crippen LogP contribution in [0.3, 0.4) is 0 Å². The van der Waals surface area contributed by atoms with Gasteiger partial charge in [0.2, 0.25) is 0 Å². The second-order valence-corrected chi connectivity index (χ2v) is 6.70. The van der Waals surface area contributed by atoms with E-state index in [0.717, 1.165) is 12.0 Å². The van der Waals surface area contributed by atoms with Gasteiger partial charge in [0.1, 0.15) is 0 Å². The highest BCUT2D eigenvalue weighted by molar-refractivity contribution is 4.96. The molecule has 1 saturated heterocycles. The Kier molecular flexibility index (Phi) is 4.14. The van der Waals surface area contributed by atoms with E-state index >= 15 is 0 Å². The van der Waals surface area contributed by atoms with E-state index in [-0.39, 0.29) is 0 Å². The van der Waals surface area contributed by atoms with E-state index in [1.807, 2.05) is 0 Å². The Morgan fingerprint density at radius 2 is 2.06 bits per heavy atom. The highest BCUT2D eigenvalue weighted by Crippen LogP contribution is 2.46. The molecule has 2 heteroatoms. The fourth-order valence-corrected chi connectivity index (χ4v) is 3.01. The zero-order chi connectivity index (χ0) is 12.5. The minimum Gasteiger partial charge on any atom is -0.311 e. The summed E-state index contributed by atoms with van der Waals surface area (Å²) in [5, 5.41) is 3.77. The summed E-state index contributed by atoms with van der Waals surface area (Å²) < 4.78 is 0. The molecule has 0 bridgehead atoms. The van der Waals surface area contributed by atoms with E-state index in [1.165, 1.54) is 45.3 Å². The van der Waals surface area contributed by atoms with E-state index in [1.54, 1.807) is 0 Å². The average Bonchev–Trinajstić information content (AvgIpc) is 3.05. The van der Waals surface area contributed by atoms with Crippen LogP contribution in [0, 0.1) is 11.3 Å². The quantitative estimate of drug-likeness (QED) is 0.792. The lowest BCUT2D eigenvalue weighted by Gasteiger charge is -2.43. The third-order valence-corrected chi connectivity index (χ3v) is 5.05. The summed E-state index contributed by atoms with van der Waals surface area (Å²) in [4.78, 5) is 2.78. The summed E-state index contributed by atoms with van der Waals surface area (Å²) in [5.41, 5.74) is 0.658. The summed E-state index contributed by atoms with van der Waals surface area (Å²) in [7, 11) is 0. The van der Waals surface area contributed by atoms with Crippen LogP contribution in [0.1, 0.15) is 53.4 Å². The van der Waals surface area contributed by atoms with Gasteiger partial charge in [-0.2, -0.15) is 0 Å². The average molecular weight is 238 g/mol. The highest BCUT2D eigenvalue weighted by atomic mass is 15.2. The molecule has 3 unspecified atom stereocenters. The monoisotopic (exact) mass is 238 g/mol. The van der Waals surface area contributed by atoms with Crippen molar-refractivity contribution in [3.8, 4) is 0 Å². The van der Waals surface area contributed by atoms with Gasteiger partial charge in [-0.3, -0.25) is 4.90 Å². The van der Waals surface area contributed by atoms with Crippen LogP contribution in [-0.4, -0.2) is 36.6 Å². The first-order valence-corrected chi connectivity index (χ1v) is 7.55. The number of nitrogens with zero attached hydrogens (tertiary/aromatic N) is 1. The van der Waals surface area contributed by atoms with Crippen molar-refractivity contribution in [3.63, 3.8) is 0 Å². The number of hydrogen-bond acceptors (Lipinski definition) is 2. The van der Waals surface area contributed by atoms with Crippen molar-refractivity contribution in [2.24, 2.45) is 11.3 Å². The first-order chi connectivity index (χ1) is 8.08. The normalized spacial score (nSPS) is 34.6. The molecule has 0 aromatic carbocycles. The first-order valence-electron chi connectivity index (χ1n) is 7.55. The van der Waals surface area contributed by atoms with Crippen molar-refractivity contribution in [2.75, 3.05) is 19.6 Å². The van der Waals surface area contributed by atoms with Crippen LogP contribution in [-0.2, 0) is 0 Å². The van der Waals surface area contributed by atoms with Gasteiger partial charge in [0, 0.05) is 31.7 Å². The standard InChI is InChI=1S/C15H30N2/c1-5-12(3)14-10-17(11-15(4)7-8-15)13(6-2)9-16-14/h12-14,16H,5-11H2,1-4H3. The van der Waals surface area contributed by atoms with Crippen molar-refractivity contribution in [3.05, 3.63) is 0 Å². The Morgan fingerprint density at radius 1 is 1.35 bits per heavy atom. The zero-order valence-electron chi connectivity index (χ0n) is 12.1. The smallest absolute Gasteiger partial charge is 0.0221 e. The molecule has 1 heterocycles. The van der Waals surface area contributed by atoms with E-state index in [0.29, 0.717) is 11.5 Å². The fraction of sp³-hybridized carbons (Fsp3) is 1.00. The molecule has 100 valence electrons. The maximum absolute atomic E-state index is 3.77. The Hall–Kier alpha value is -0.0800. The predicted octanol–water partition coefficient (Wildman–Crippen LogP) is 2.89. The molecular weight excluding hydrogens is 208 g/mol. The van der Waals surface area contributed by atoms with Gasteiger partial charge in [0.15, 0.2) is 0 Å². The van der Waals surface area contributed by atoms with Crippen LogP contribution in [0.5, 0.6) is 0 Å². The maximum Gasteiger partial charge on any atom is 0.0221 e. The van der Waals surface area contributed by atoms with Crippen molar-refractivity contribution in [2.45, 2.75) is 65.5 Å². The molecule has 1 saturated carbocycles. The van der Waals surface area contributed by atoms with Gasteiger partial charge in [0.25, 0.3) is 0 Å². The van der Waals surface area contributed by atoms with Gasteiger partial charge in [-0.15, -0.1) is 0 Å². The van der Waals surface area contributed by atoms with Crippen molar-refractivity contribution in [1.82, 2.24) is 10.2 Å². The molecule has 2 fully saturated rings. The second-order valence-electron chi connectivity index (χ2n) is 6.70. The summed E-state index contributed by atoms with van der Waals surface area (Å²) in [6.07, 6.45) is 5.47. The molecule has 0 aromatic rings. The fourth-order valence-electron chi connectivity index (χ4n) is 3.01. The third-order valence-electron chi connectivity index (χ3n) is 5.05. The predicted molar refractivity (Wildman–Crippen MR) is 74.2 cm³/mol. The molecule has 1 aliphatic heterocycles. The molecule has 0 aromatic heterocycles. The molecule has 0 radical (unpaired) electrons. The van der Waals surface area contributed by atoms with Crippen LogP contribution >= 0.6 is 0 Å². The van der Waals surface area contributed by atoms with Gasteiger partial charge in [-0.05, 0) is 30.6 Å². The van der Waals surface area contributed by atoms with Crippen LogP contribution in [0.2, 0.25) is 0 Å². The lowest BCUT2D eigenvalue weighted by Crippen LogP contribution is -2.59. The first kappa shape index (κ1) is 13.4. The number of piperazine rings is 1. The van der Waals surface area contributed by atoms with Gasteiger partial charge >= 0.3 is 0 Å². The molecule has 2 nitrogen and oxygen atoms in total. The molecule has 2 rings (SSSR count). The minimum absolute atomic E-state index is 0.658. The molecule has 0 amide bonds. The second kappa shape index (κ2) is 5.27. The van der Waals surface area contributed by atoms with Crippen molar-refractivity contribution >= 4 is 0 Å². The molecule has 1 N–H and O–H groups in total. The van der Waals surface area contributed by atoms with Gasteiger partial charge in [-0.25, -0.2) is 0 Å².